The second-order valence-corrected chi connectivity index (χ2v) is 6.05. The van der Waals surface area contributed by atoms with Gasteiger partial charge in [0.2, 0.25) is 5.91 Å². The molecule has 2 saturated heterocycles. The van der Waals surface area contributed by atoms with Crippen molar-refractivity contribution in [3.8, 4) is 0 Å². The summed E-state index contributed by atoms with van der Waals surface area (Å²) in [6.45, 7) is 5.67. The molecule has 4 nitrogen and oxygen atoms in total. The van der Waals surface area contributed by atoms with Gasteiger partial charge in [-0.1, -0.05) is 13.0 Å². The third-order valence-corrected chi connectivity index (χ3v) is 4.70. The summed E-state index contributed by atoms with van der Waals surface area (Å²) in [5.74, 6) is 0.932. The molecule has 114 valence electrons. The quantitative estimate of drug-likeness (QED) is 0.887. The highest BCUT2D eigenvalue weighted by Crippen LogP contribution is 2.33. The molecule has 21 heavy (non-hydrogen) atoms. The predicted molar refractivity (Wildman–Crippen MR) is 80.5 cm³/mol. The maximum Gasteiger partial charge on any atom is 0.238 e. The lowest BCUT2D eigenvalue weighted by molar-refractivity contribution is -0.117. The van der Waals surface area contributed by atoms with Gasteiger partial charge in [0.15, 0.2) is 0 Å². The second-order valence-electron chi connectivity index (χ2n) is 6.05. The zero-order valence-corrected chi connectivity index (χ0v) is 12.3. The van der Waals surface area contributed by atoms with Crippen LogP contribution in [0.3, 0.4) is 0 Å². The Morgan fingerprint density at radius 3 is 3.10 bits per heavy atom. The number of likely N-dealkylation sites (tertiary alicyclic amines) is 1. The van der Waals surface area contributed by atoms with Crippen molar-refractivity contribution < 1.29 is 9.18 Å². The van der Waals surface area contributed by atoms with Crippen molar-refractivity contribution in [2.45, 2.75) is 19.4 Å². The maximum absolute atomic E-state index is 13.1. The van der Waals surface area contributed by atoms with Crippen molar-refractivity contribution in [3.05, 3.63) is 30.1 Å². The van der Waals surface area contributed by atoms with E-state index in [1.807, 2.05) is 0 Å². The van der Waals surface area contributed by atoms with Crippen LogP contribution in [0, 0.1) is 17.7 Å². The fraction of sp³-hybridized carbons (Fsp3) is 0.562. The van der Waals surface area contributed by atoms with Crippen LogP contribution in [0.5, 0.6) is 0 Å². The van der Waals surface area contributed by atoms with Crippen LogP contribution in [-0.2, 0) is 4.79 Å². The smallest absolute Gasteiger partial charge is 0.238 e. The number of hydrogen-bond acceptors (Lipinski definition) is 3. The molecule has 3 rings (SSSR count). The molecule has 1 amide bonds. The number of carbonyl (C=O) groups excluding carboxylic acids is 1. The van der Waals surface area contributed by atoms with Crippen LogP contribution < -0.4 is 10.6 Å². The molecule has 0 aromatic heterocycles. The minimum atomic E-state index is -0.332. The molecule has 0 aliphatic carbocycles. The van der Waals surface area contributed by atoms with Gasteiger partial charge in [0.05, 0.1) is 6.54 Å². The molecule has 0 spiro atoms. The van der Waals surface area contributed by atoms with Crippen molar-refractivity contribution in [3.63, 3.8) is 0 Å². The van der Waals surface area contributed by atoms with E-state index >= 15 is 0 Å². The van der Waals surface area contributed by atoms with Gasteiger partial charge in [0.25, 0.3) is 0 Å². The molecule has 3 atom stereocenters. The molecule has 5 heteroatoms. The predicted octanol–water partition coefficient (Wildman–Crippen LogP) is 1.69. The molecule has 1 aromatic carbocycles. The molecule has 0 saturated carbocycles. The molecule has 2 aliphatic heterocycles. The van der Waals surface area contributed by atoms with E-state index in [1.54, 1.807) is 12.1 Å². The first kappa shape index (κ1) is 14.5. The van der Waals surface area contributed by atoms with Gasteiger partial charge < -0.3 is 10.6 Å². The van der Waals surface area contributed by atoms with Crippen molar-refractivity contribution >= 4 is 11.6 Å². The van der Waals surface area contributed by atoms with Crippen LogP contribution in [0.4, 0.5) is 10.1 Å². The van der Waals surface area contributed by atoms with Gasteiger partial charge in [-0.2, -0.15) is 0 Å². The highest BCUT2D eigenvalue weighted by atomic mass is 19.1. The number of amides is 1. The first-order chi connectivity index (χ1) is 10.2. The standard InChI is InChI=1S/C16H22FN3O/c1-2-15-14-8-18-7-11(14)9-20(15)10-16(21)19-13-5-3-4-12(17)6-13/h3-6,11,14-15,18H,2,7-10H2,1H3,(H,19,21). The number of rotatable bonds is 4. The Morgan fingerprint density at radius 2 is 2.33 bits per heavy atom. The average molecular weight is 291 g/mol. The minimum Gasteiger partial charge on any atom is -0.325 e. The van der Waals surface area contributed by atoms with Crippen LogP contribution in [-0.4, -0.2) is 43.0 Å². The minimum absolute atomic E-state index is 0.0630. The number of fused-ring (bicyclic) bond motifs is 1. The van der Waals surface area contributed by atoms with Crippen LogP contribution in [0.25, 0.3) is 0 Å². The third-order valence-electron chi connectivity index (χ3n) is 4.70. The molecule has 2 fully saturated rings. The summed E-state index contributed by atoms with van der Waals surface area (Å²) in [6, 6.07) is 6.50. The summed E-state index contributed by atoms with van der Waals surface area (Å²) in [6.07, 6.45) is 1.07. The van der Waals surface area contributed by atoms with Crippen LogP contribution in [0.2, 0.25) is 0 Å². The number of anilines is 1. The van der Waals surface area contributed by atoms with E-state index in [1.165, 1.54) is 12.1 Å². The van der Waals surface area contributed by atoms with Crippen LogP contribution >= 0.6 is 0 Å². The SMILES string of the molecule is CCC1C2CNCC2CN1CC(=O)Nc1cccc(F)c1. The average Bonchev–Trinajstić information content (AvgIpc) is 2.98. The Kier molecular flexibility index (Phi) is 4.22. The lowest BCUT2D eigenvalue weighted by Gasteiger charge is -2.26. The fourth-order valence-corrected chi connectivity index (χ4v) is 3.80. The molecule has 2 aliphatic rings. The summed E-state index contributed by atoms with van der Waals surface area (Å²) in [7, 11) is 0. The number of nitrogens with one attached hydrogen (secondary N) is 2. The number of benzene rings is 1. The number of nitrogens with zero attached hydrogens (tertiary/aromatic N) is 1. The van der Waals surface area contributed by atoms with E-state index in [0.29, 0.717) is 30.1 Å². The van der Waals surface area contributed by atoms with Gasteiger partial charge >= 0.3 is 0 Å². The van der Waals surface area contributed by atoms with Gasteiger partial charge in [-0.05, 0) is 49.5 Å². The van der Waals surface area contributed by atoms with Crippen molar-refractivity contribution in [1.82, 2.24) is 10.2 Å². The highest BCUT2D eigenvalue weighted by Gasteiger charge is 2.43. The number of halogens is 1. The Labute approximate surface area is 124 Å². The Hall–Kier alpha value is -1.46. The molecule has 2 N–H and O–H groups in total. The van der Waals surface area contributed by atoms with Crippen LogP contribution in [0.15, 0.2) is 24.3 Å². The second kappa shape index (κ2) is 6.12. The van der Waals surface area contributed by atoms with Gasteiger partial charge in [0, 0.05) is 18.3 Å². The number of hydrogen-bond donors (Lipinski definition) is 2. The Balaban J connectivity index is 1.60. The first-order valence-electron chi connectivity index (χ1n) is 7.67. The van der Waals surface area contributed by atoms with E-state index in [0.717, 1.165) is 26.1 Å². The highest BCUT2D eigenvalue weighted by molar-refractivity contribution is 5.92. The fourth-order valence-electron chi connectivity index (χ4n) is 3.80. The summed E-state index contributed by atoms with van der Waals surface area (Å²) in [5.41, 5.74) is 0.522. The molecule has 2 heterocycles. The number of carbonyl (C=O) groups is 1. The third kappa shape index (κ3) is 3.09. The van der Waals surface area contributed by atoms with E-state index < -0.39 is 0 Å². The van der Waals surface area contributed by atoms with E-state index in [4.69, 9.17) is 0 Å². The summed E-state index contributed by atoms with van der Waals surface area (Å²) in [5, 5.41) is 6.22. The lowest BCUT2D eigenvalue weighted by atomic mass is 9.93. The Morgan fingerprint density at radius 1 is 1.48 bits per heavy atom. The summed E-state index contributed by atoms with van der Waals surface area (Å²) in [4.78, 5) is 14.5. The Bertz CT molecular complexity index is 522. The van der Waals surface area contributed by atoms with Crippen LogP contribution in [0.1, 0.15) is 13.3 Å². The van der Waals surface area contributed by atoms with E-state index in [2.05, 4.69) is 22.5 Å². The van der Waals surface area contributed by atoms with Crippen molar-refractivity contribution in [1.29, 1.82) is 0 Å². The maximum atomic E-state index is 13.1. The van der Waals surface area contributed by atoms with Crippen molar-refractivity contribution in [2.24, 2.45) is 11.8 Å². The molecular formula is C16H22FN3O. The van der Waals surface area contributed by atoms with E-state index in [9.17, 15) is 9.18 Å². The van der Waals surface area contributed by atoms with Gasteiger partial charge in [0.1, 0.15) is 5.82 Å². The molecule has 0 bridgehead atoms. The largest absolute Gasteiger partial charge is 0.325 e. The molecule has 1 aromatic rings. The van der Waals surface area contributed by atoms with Gasteiger partial charge in [-0.3, -0.25) is 9.69 Å². The van der Waals surface area contributed by atoms with Gasteiger partial charge in [-0.25, -0.2) is 4.39 Å². The summed E-state index contributed by atoms with van der Waals surface area (Å²) < 4.78 is 13.1. The normalized spacial score (nSPS) is 28.6. The monoisotopic (exact) mass is 291 g/mol. The zero-order valence-electron chi connectivity index (χ0n) is 12.3. The van der Waals surface area contributed by atoms with Crippen molar-refractivity contribution in [2.75, 3.05) is 31.5 Å². The molecule has 0 radical (unpaired) electrons. The lowest BCUT2D eigenvalue weighted by Crippen LogP contribution is -2.40. The first-order valence-corrected chi connectivity index (χ1v) is 7.67. The van der Waals surface area contributed by atoms with E-state index in [-0.39, 0.29) is 11.7 Å². The molecular weight excluding hydrogens is 269 g/mol. The van der Waals surface area contributed by atoms with Gasteiger partial charge in [-0.15, -0.1) is 0 Å². The molecule has 3 unspecified atom stereocenters. The zero-order chi connectivity index (χ0) is 14.8. The topological polar surface area (TPSA) is 44.4 Å². The summed E-state index contributed by atoms with van der Waals surface area (Å²) >= 11 is 0.